The van der Waals surface area contributed by atoms with Crippen LogP contribution in [0.1, 0.15) is 16.9 Å². The summed E-state index contributed by atoms with van der Waals surface area (Å²) in [6, 6.07) is 6.47. The van der Waals surface area contributed by atoms with E-state index in [1.165, 1.54) is 6.07 Å². The van der Waals surface area contributed by atoms with E-state index in [1.54, 1.807) is 23.2 Å². The van der Waals surface area contributed by atoms with Crippen molar-refractivity contribution >= 4 is 40.2 Å². The predicted molar refractivity (Wildman–Crippen MR) is 99.4 cm³/mol. The van der Waals surface area contributed by atoms with E-state index in [2.05, 4.69) is 25.2 Å². The number of rotatable bonds is 2. The standard InChI is InChI=1S/C18H16N6O3/c25-17(26)12-1-2-14-16(21-12)24(11-4-6-23(14)9-11)18(27)22-15-7-10-3-5-19-13(10)8-20-15/h1-3,5,7-8,11,19H,4,6,9H2,(H,25,26)(H,20,22,27). The number of hydrogen-bond donors (Lipinski definition) is 3. The largest absolute Gasteiger partial charge is 0.477 e. The van der Waals surface area contributed by atoms with Crippen LogP contribution in [0.3, 0.4) is 0 Å². The Morgan fingerprint density at radius 1 is 1.30 bits per heavy atom. The molecular weight excluding hydrogens is 348 g/mol. The summed E-state index contributed by atoms with van der Waals surface area (Å²) in [5.41, 5.74) is 1.58. The highest BCUT2D eigenvalue weighted by Gasteiger charge is 2.40. The number of H-pyrrole nitrogens is 1. The van der Waals surface area contributed by atoms with Gasteiger partial charge in [0.05, 0.1) is 23.4 Å². The average molecular weight is 364 g/mol. The Hall–Kier alpha value is -3.62. The maximum absolute atomic E-state index is 13.0. The quantitative estimate of drug-likeness (QED) is 0.643. The number of carbonyl (C=O) groups excluding carboxylic acids is 1. The number of aromatic nitrogens is 3. The molecule has 2 aliphatic rings. The number of nitrogens with zero attached hydrogens (tertiary/aromatic N) is 4. The minimum Gasteiger partial charge on any atom is -0.477 e. The Morgan fingerprint density at radius 2 is 2.19 bits per heavy atom. The van der Waals surface area contributed by atoms with E-state index >= 15 is 0 Å². The molecule has 0 aromatic carbocycles. The van der Waals surface area contributed by atoms with Crippen LogP contribution in [0, 0.1) is 0 Å². The number of pyridine rings is 2. The third-order valence-electron chi connectivity index (χ3n) is 5.06. The van der Waals surface area contributed by atoms with Gasteiger partial charge >= 0.3 is 12.0 Å². The molecule has 9 nitrogen and oxygen atoms in total. The predicted octanol–water partition coefficient (Wildman–Crippen LogP) is 2.29. The van der Waals surface area contributed by atoms with Gasteiger partial charge in [-0.15, -0.1) is 0 Å². The lowest BCUT2D eigenvalue weighted by Crippen LogP contribution is -2.48. The first-order chi connectivity index (χ1) is 13.1. The molecule has 27 heavy (non-hydrogen) atoms. The zero-order chi connectivity index (χ0) is 18.5. The van der Waals surface area contributed by atoms with Crippen molar-refractivity contribution in [3.8, 4) is 0 Å². The molecule has 136 valence electrons. The van der Waals surface area contributed by atoms with E-state index in [0.29, 0.717) is 18.2 Å². The number of carbonyl (C=O) groups is 2. The molecule has 1 saturated heterocycles. The summed E-state index contributed by atoms with van der Waals surface area (Å²) < 4.78 is 0. The Bertz CT molecular complexity index is 1080. The highest BCUT2D eigenvalue weighted by atomic mass is 16.4. The van der Waals surface area contributed by atoms with Crippen molar-refractivity contribution < 1.29 is 14.7 Å². The normalized spacial score (nSPS) is 17.9. The van der Waals surface area contributed by atoms with Crippen LogP contribution in [0.15, 0.2) is 36.7 Å². The van der Waals surface area contributed by atoms with Crippen molar-refractivity contribution in [1.82, 2.24) is 15.0 Å². The minimum absolute atomic E-state index is 0.0509. The van der Waals surface area contributed by atoms with Gasteiger partial charge in [0, 0.05) is 24.7 Å². The van der Waals surface area contributed by atoms with Gasteiger partial charge < -0.3 is 15.0 Å². The van der Waals surface area contributed by atoms with Crippen LogP contribution in [-0.4, -0.2) is 51.2 Å². The fourth-order valence-corrected chi connectivity index (χ4v) is 3.78. The zero-order valence-electron chi connectivity index (χ0n) is 14.2. The summed E-state index contributed by atoms with van der Waals surface area (Å²) in [6.07, 6.45) is 4.27. The highest BCUT2D eigenvalue weighted by molar-refractivity contribution is 6.05. The van der Waals surface area contributed by atoms with Crippen molar-refractivity contribution in [2.24, 2.45) is 0 Å². The molecule has 0 radical (unpaired) electrons. The first kappa shape index (κ1) is 15.6. The fraction of sp³-hybridized carbons (Fsp3) is 0.222. The number of carboxylic acids is 1. The van der Waals surface area contributed by atoms with Gasteiger partial charge in [0.1, 0.15) is 5.82 Å². The van der Waals surface area contributed by atoms with Crippen LogP contribution in [0.25, 0.3) is 10.9 Å². The maximum Gasteiger partial charge on any atom is 0.354 e. The SMILES string of the molecule is O=C(O)c1ccc2c(n1)N(C(=O)Nc1cc3cc[nH]c3cn1)C1CCN2C1. The van der Waals surface area contributed by atoms with E-state index in [-0.39, 0.29) is 17.8 Å². The van der Waals surface area contributed by atoms with E-state index < -0.39 is 5.97 Å². The molecule has 1 unspecified atom stereocenters. The third kappa shape index (κ3) is 2.47. The summed E-state index contributed by atoms with van der Waals surface area (Å²) in [5.74, 6) is -0.307. The molecule has 0 spiro atoms. The van der Waals surface area contributed by atoms with Gasteiger partial charge in [-0.1, -0.05) is 0 Å². The summed E-state index contributed by atoms with van der Waals surface area (Å²) in [4.78, 5) is 39.6. The molecular formula is C18H16N6O3. The van der Waals surface area contributed by atoms with Crippen LogP contribution >= 0.6 is 0 Å². The van der Waals surface area contributed by atoms with Gasteiger partial charge in [0.15, 0.2) is 11.5 Å². The van der Waals surface area contributed by atoms with Crippen LogP contribution in [-0.2, 0) is 0 Å². The lowest BCUT2D eigenvalue weighted by molar-refractivity contribution is 0.0690. The minimum atomic E-state index is -1.12. The van der Waals surface area contributed by atoms with Crippen LogP contribution < -0.4 is 15.1 Å². The maximum atomic E-state index is 13.0. The second-order valence-corrected chi connectivity index (χ2v) is 6.67. The van der Waals surface area contributed by atoms with Crippen LogP contribution in [0.5, 0.6) is 0 Å². The van der Waals surface area contributed by atoms with Crippen molar-refractivity contribution in [1.29, 1.82) is 0 Å². The Morgan fingerprint density at radius 3 is 3.04 bits per heavy atom. The number of aromatic carboxylic acids is 1. The van der Waals surface area contributed by atoms with Gasteiger partial charge in [-0.05, 0) is 30.7 Å². The van der Waals surface area contributed by atoms with Gasteiger partial charge in [-0.2, -0.15) is 0 Å². The fourth-order valence-electron chi connectivity index (χ4n) is 3.78. The van der Waals surface area contributed by atoms with E-state index in [4.69, 9.17) is 0 Å². The molecule has 5 rings (SSSR count). The average Bonchev–Trinajstić information content (AvgIpc) is 3.29. The zero-order valence-corrected chi connectivity index (χ0v) is 14.2. The number of anilines is 3. The van der Waals surface area contributed by atoms with Crippen molar-refractivity contribution in [3.63, 3.8) is 0 Å². The summed E-state index contributed by atoms with van der Waals surface area (Å²) in [5, 5.41) is 13.0. The lowest BCUT2D eigenvalue weighted by atomic mass is 10.2. The molecule has 1 fully saturated rings. The first-order valence-corrected chi connectivity index (χ1v) is 8.63. The first-order valence-electron chi connectivity index (χ1n) is 8.63. The van der Waals surface area contributed by atoms with Crippen molar-refractivity contribution in [3.05, 3.63) is 42.4 Å². The topological polar surface area (TPSA) is 114 Å². The molecule has 5 heterocycles. The molecule has 2 bridgehead atoms. The molecule has 0 saturated carbocycles. The molecule has 2 aliphatic heterocycles. The van der Waals surface area contributed by atoms with Crippen LogP contribution in [0.4, 0.5) is 22.1 Å². The van der Waals surface area contributed by atoms with Gasteiger partial charge in [0.2, 0.25) is 0 Å². The summed E-state index contributed by atoms with van der Waals surface area (Å²) in [7, 11) is 0. The number of nitrogens with one attached hydrogen (secondary N) is 2. The molecule has 9 heteroatoms. The number of aromatic amines is 1. The second kappa shape index (κ2) is 5.70. The van der Waals surface area contributed by atoms with E-state index in [0.717, 1.165) is 29.6 Å². The summed E-state index contributed by atoms with van der Waals surface area (Å²) >= 11 is 0. The van der Waals surface area contributed by atoms with E-state index in [1.807, 2.05) is 12.3 Å². The number of fused-ring (bicyclic) bond motifs is 5. The Labute approximate surface area is 153 Å². The monoisotopic (exact) mass is 364 g/mol. The van der Waals surface area contributed by atoms with E-state index in [9.17, 15) is 14.7 Å². The number of hydrogen-bond acceptors (Lipinski definition) is 5. The number of urea groups is 1. The molecule has 3 N–H and O–H groups in total. The van der Waals surface area contributed by atoms with Crippen molar-refractivity contribution in [2.45, 2.75) is 12.5 Å². The number of carboxylic acid groups (broad SMARTS) is 1. The van der Waals surface area contributed by atoms with Crippen LogP contribution in [0.2, 0.25) is 0 Å². The van der Waals surface area contributed by atoms with Gasteiger partial charge in [-0.3, -0.25) is 10.2 Å². The Kier molecular flexibility index (Phi) is 3.30. The summed E-state index contributed by atoms with van der Waals surface area (Å²) in [6.45, 7) is 1.52. The second-order valence-electron chi connectivity index (χ2n) is 6.67. The van der Waals surface area contributed by atoms with Crippen molar-refractivity contribution in [2.75, 3.05) is 28.2 Å². The molecule has 0 aliphatic carbocycles. The molecule has 3 aromatic heterocycles. The Balaban J connectivity index is 1.51. The third-order valence-corrected chi connectivity index (χ3v) is 5.06. The van der Waals surface area contributed by atoms with Gasteiger partial charge in [0.25, 0.3) is 0 Å². The molecule has 2 amide bonds. The number of amides is 2. The molecule has 1 atom stereocenters. The highest BCUT2D eigenvalue weighted by Crippen LogP contribution is 2.39. The smallest absolute Gasteiger partial charge is 0.354 e. The molecule has 3 aromatic rings. The lowest BCUT2D eigenvalue weighted by Gasteiger charge is -2.35. The van der Waals surface area contributed by atoms with Gasteiger partial charge in [-0.25, -0.2) is 19.6 Å².